The zero-order valence-electron chi connectivity index (χ0n) is 8.64. The summed E-state index contributed by atoms with van der Waals surface area (Å²) in [4.78, 5) is 10.8. The number of rotatable bonds is 2. The normalized spacial score (nSPS) is 10.3. The first-order valence-electron chi connectivity index (χ1n) is 4.66. The number of aldehydes is 1. The molecule has 0 unspecified atom stereocenters. The molecule has 2 rings (SSSR count). The maximum atomic E-state index is 10.8. The Morgan fingerprint density at radius 2 is 2.13 bits per heavy atom. The van der Waals surface area contributed by atoms with Crippen LogP contribution in [0, 0.1) is 13.8 Å². The van der Waals surface area contributed by atoms with Crippen LogP contribution >= 0.6 is 0 Å². The van der Waals surface area contributed by atoms with E-state index in [1.54, 1.807) is 4.68 Å². The molecule has 0 spiro atoms. The van der Waals surface area contributed by atoms with Crippen molar-refractivity contribution in [3.05, 3.63) is 41.2 Å². The van der Waals surface area contributed by atoms with Crippen LogP contribution < -0.4 is 0 Å². The van der Waals surface area contributed by atoms with Gasteiger partial charge in [-0.1, -0.05) is 17.3 Å². The first-order chi connectivity index (χ1) is 7.22. The van der Waals surface area contributed by atoms with Crippen LogP contribution in [0.25, 0.3) is 5.69 Å². The van der Waals surface area contributed by atoms with E-state index in [4.69, 9.17) is 0 Å². The molecule has 4 heteroatoms. The number of carbonyl (C=O) groups is 1. The molecule has 4 nitrogen and oxygen atoms in total. The van der Waals surface area contributed by atoms with Gasteiger partial charge in [-0.15, -0.1) is 5.10 Å². The fraction of sp³-hybridized carbons (Fsp3) is 0.182. The third-order valence-electron chi connectivity index (χ3n) is 2.29. The summed E-state index contributed by atoms with van der Waals surface area (Å²) in [5.74, 6) is 0. The number of hydrogen-bond acceptors (Lipinski definition) is 3. The van der Waals surface area contributed by atoms with E-state index in [2.05, 4.69) is 10.3 Å². The molecule has 0 atom stereocenters. The third kappa shape index (κ3) is 1.66. The molecule has 0 N–H and O–H groups in total. The molecule has 1 aromatic carbocycles. The lowest BCUT2D eigenvalue weighted by molar-refractivity contribution is 0.111. The predicted octanol–water partition coefficient (Wildman–Crippen LogP) is 1.70. The third-order valence-corrected chi connectivity index (χ3v) is 2.29. The molecule has 0 aliphatic rings. The summed E-state index contributed by atoms with van der Waals surface area (Å²) in [5, 5.41) is 7.62. The van der Waals surface area contributed by atoms with Gasteiger partial charge in [0.2, 0.25) is 0 Å². The maximum Gasteiger partial charge on any atom is 0.170 e. The molecule has 0 saturated heterocycles. The first kappa shape index (κ1) is 9.58. The van der Waals surface area contributed by atoms with Crippen LogP contribution in [0.5, 0.6) is 0 Å². The van der Waals surface area contributed by atoms with Crippen LogP contribution in [0.1, 0.15) is 21.6 Å². The first-order valence-corrected chi connectivity index (χ1v) is 4.66. The fourth-order valence-corrected chi connectivity index (χ4v) is 1.46. The van der Waals surface area contributed by atoms with Crippen molar-refractivity contribution < 1.29 is 4.79 Å². The minimum absolute atomic E-state index is 0.462. The zero-order chi connectivity index (χ0) is 10.8. The van der Waals surface area contributed by atoms with Crippen LogP contribution in [-0.4, -0.2) is 21.3 Å². The summed E-state index contributed by atoms with van der Waals surface area (Å²) >= 11 is 0. The fourth-order valence-electron chi connectivity index (χ4n) is 1.46. The molecule has 0 radical (unpaired) electrons. The van der Waals surface area contributed by atoms with Gasteiger partial charge in [-0.2, -0.15) is 0 Å². The highest BCUT2D eigenvalue weighted by Gasteiger charge is 2.07. The zero-order valence-corrected chi connectivity index (χ0v) is 8.64. The van der Waals surface area contributed by atoms with Crippen LogP contribution in [0.3, 0.4) is 0 Å². The Morgan fingerprint density at radius 3 is 2.87 bits per heavy atom. The SMILES string of the molecule is Cc1ccc(C)c(-n2nncc2C=O)c1. The summed E-state index contributed by atoms with van der Waals surface area (Å²) in [5.41, 5.74) is 3.55. The van der Waals surface area contributed by atoms with Crippen molar-refractivity contribution in [3.8, 4) is 5.69 Å². The van der Waals surface area contributed by atoms with Crippen molar-refractivity contribution in [1.82, 2.24) is 15.0 Å². The molecule has 1 aromatic heterocycles. The highest BCUT2D eigenvalue weighted by molar-refractivity contribution is 5.72. The molecule has 0 saturated carbocycles. The van der Waals surface area contributed by atoms with Crippen molar-refractivity contribution in [3.63, 3.8) is 0 Å². The van der Waals surface area contributed by atoms with E-state index in [0.29, 0.717) is 5.69 Å². The quantitative estimate of drug-likeness (QED) is 0.695. The van der Waals surface area contributed by atoms with Gasteiger partial charge >= 0.3 is 0 Å². The second-order valence-corrected chi connectivity index (χ2v) is 3.48. The molecule has 0 aliphatic carbocycles. The van der Waals surface area contributed by atoms with Gasteiger partial charge in [0, 0.05) is 0 Å². The predicted molar refractivity (Wildman–Crippen MR) is 56.2 cm³/mol. The van der Waals surface area contributed by atoms with Crippen LogP contribution in [0.2, 0.25) is 0 Å². The lowest BCUT2D eigenvalue weighted by atomic mass is 10.1. The van der Waals surface area contributed by atoms with Crippen molar-refractivity contribution in [2.24, 2.45) is 0 Å². The van der Waals surface area contributed by atoms with E-state index in [1.165, 1.54) is 6.20 Å². The van der Waals surface area contributed by atoms with E-state index >= 15 is 0 Å². The Balaban J connectivity index is 2.62. The summed E-state index contributed by atoms with van der Waals surface area (Å²) < 4.78 is 1.55. The smallest absolute Gasteiger partial charge is 0.170 e. The molecule has 2 aromatic rings. The summed E-state index contributed by atoms with van der Waals surface area (Å²) in [6.45, 7) is 3.98. The van der Waals surface area contributed by atoms with Crippen LogP contribution in [-0.2, 0) is 0 Å². The molecule has 0 bridgehead atoms. The topological polar surface area (TPSA) is 47.8 Å². The van der Waals surface area contributed by atoms with Crippen LogP contribution in [0.15, 0.2) is 24.4 Å². The number of carbonyl (C=O) groups excluding carboxylic acids is 1. The second kappa shape index (κ2) is 3.65. The molecule has 0 aliphatic heterocycles. The van der Waals surface area contributed by atoms with Crippen molar-refractivity contribution in [2.75, 3.05) is 0 Å². The number of aromatic nitrogens is 3. The number of benzene rings is 1. The molecule has 15 heavy (non-hydrogen) atoms. The van der Waals surface area contributed by atoms with Gasteiger partial charge in [0.05, 0.1) is 11.9 Å². The summed E-state index contributed by atoms with van der Waals surface area (Å²) in [6.07, 6.45) is 2.20. The number of aryl methyl sites for hydroxylation is 2. The Labute approximate surface area is 87.5 Å². The maximum absolute atomic E-state index is 10.8. The Morgan fingerprint density at radius 1 is 1.33 bits per heavy atom. The Hall–Kier alpha value is -1.97. The molecule has 1 heterocycles. The van der Waals surface area contributed by atoms with Crippen molar-refractivity contribution in [2.45, 2.75) is 13.8 Å². The van der Waals surface area contributed by atoms with Gasteiger partial charge in [-0.25, -0.2) is 4.68 Å². The largest absolute Gasteiger partial charge is 0.296 e. The van der Waals surface area contributed by atoms with Crippen molar-refractivity contribution >= 4 is 6.29 Å². The van der Waals surface area contributed by atoms with Crippen molar-refractivity contribution in [1.29, 1.82) is 0 Å². The average molecular weight is 201 g/mol. The van der Waals surface area contributed by atoms with E-state index in [1.807, 2.05) is 32.0 Å². The summed E-state index contributed by atoms with van der Waals surface area (Å²) in [6, 6.07) is 6.01. The lowest BCUT2D eigenvalue weighted by Gasteiger charge is -2.07. The standard InChI is InChI=1S/C11H11N3O/c1-8-3-4-9(2)11(5-8)14-10(7-15)6-12-13-14/h3-7H,1-2H3. The van der Waals surface area contributed by atoms with Crippen LogP contribution in [0.4, 0.5) is 0 Å². The van der Waals surface area contributed by atoms with E-state index in [0.717, 1.165) is 23.1 Å². The van der Waals surface area contributed by atoms with Gasteiger partial charge < -0.3 is 0 Å². The second-order valence-electron chi connectivity index (χ2n) is 3.48. The van der Waals surface area contributed by atoms with Gasteiger partial charge in [-0.3, -0.25) is 4.79 Å². The highest BCUT2D eigenvalue weighted by Crippen LogP contribution is 2.15. The monoisotopic (exact) mass is 201 g/mol. The molecule has 76 valence electrons. The van der Waals surface area contributed by atoms with Gasteiger partial charge in [0.1, 0.15) is 5.69 Å². The number of hydrogen-bond donors (Lipinski definition) is 0. The van der Waals surface area contributed by atoms with Gasteiger partial charge in [-0.05, 0) is 31.0 Å². The highest BCUT2D eigenvalue weighted by atomic mass is 16.1. The Kier molecular flexibility index (Phi) is 2.33. The van der Waals surface area contributed by atoms with E-state index in [9.17, 15) is 4.79 Å². The van der Waals surface area contributed by atoms with E-state index < -0.39 is 0 Å². The molecule has 0 fully saturated rings. The van der Waals surface area contributed by atoms with Gasteiger partial charge in [0.15, 0.2) is 6.29 Å². The molecular weight excluding hydrogens is 190 g/mol. The minimum Gasteiger partial charge on any atom is -0.296 e. The number of nitrogens with zero attached hydrogens (tertiary/aromatic N) is 3. The average Bonchev–Trinajstić information content (AvgIpc) is 2.69. The Bertz CT molecular complexity index is 502. The summed E-state index contributed by atoms with van der Waals surface area (Å²) in [7, 11) is 0. The van der Waals surface area contributed by atoms with E-state index in [-0.39, 0.29) is 0 Å². The van der Waals surface area contributed by atoms with Gasteiger partial charge in [0.25, 0.3) is 0 Å². The lowest BCUT2D eigenvalue weighted by Crippen LogP contribution is -2.03. The molecule has 0 amide bonds. The molecular formula is C11H11N3O. The minimum atomic E-state index is 0.462.